The number of nitrogens with zero attached hydrogens (tertiary/aromatic N) is 6. The van der Waals surface area contributed by atoms with Crippen molar-refractivity contribution in [1.82, 2.24) is 34.8 Å². The maximum atomic E-state index is 13.3. The number of rotatable bonds is 7. The minimum Gasteiger partial charge on any atom is -0.355 e. The SMILES string of the molecule is O=C(Cn1cnc2c(N3CCCCC3)nc(Cl)nc21)NC(Cc1ccccc1)c1nc2ccccc2[nH]1. The van der Waals surface area contributed by atoms with E-state index < -0.39 is 0 Å². The van der Waals surface area contributed by atoms with Crippen LogP contribution in [0.3, 0.4) is 0 Å². The summed E-state index contributed by atoms with van der Waals surface area (Å²) in [7, 11) is 0. The summed E-state index contributed by atoms with van der Waals surface area (Å²) in [6.45, 7) is 1.87. The first kappa shape index (κ1) is 23.4. The number of carbonyl (C=O) groups excluding carboxylic acids is 1. The summed E-state index contributed by atoms with van der Waals surface area (Å²) in [6.07, 6.45) is 5.66. The fourth-order valence-electron chi connectivity index (χ4n) is 4.94. The predicted molar refractivity (Wildman–Crippen MR) is 144 cm³/mol. The van der Waals surface area contributed by atoms with E-state index in [0.29, 0.717) is 23.4 Å². The van der Waals surface area contributed by atoms with Crippen LogP contribution in [-0.2, 0) is 17.8 Å². The van der Waals surface area contributed by atoms with E-state index in [1.54, 1.807) is 10.9 Å². The van der Waals surface area contributed by atoms with Crippen LogP contribution in [0, 0.1) is 0 Å². The van der Waals surface area contributed by atoms with Crippen LogP contribution in [0.5, 0.6) is 0 Å². The first-order chi connectivity index (χ1) is 18.1. The van der Waals surface area contributed by atoms with Gasteiger partial charge in [0.2, 0.25) is 11.2 Å². The van der Waals surface area contributed by atoms with Crippen LogP contribution >= 0.6 is 11.6 Å². The maximum absolute atomic E-state index is 13.3. The Bertz CT molecular complexity index is 1510. The molecule has 1 unspecified atom stereocenters. The Morgan fingerprint density at radius 2 is 1.78 bits per heavy atom. The summed E-state index contributed by atoms with van der Waals surface area (Å²) < 4.78 is 1.73. The number of imidazole rings is 2. The minimum atomic E-state index is -0.334. The van der Waals surface area contributed by atoms with Gasteiger partial charge in [0.25, 0.3) is 0 Å². The van der Waals surface area contributed by atoms with E-state index >= 15 is 0 Å². The monoisotopic (exact) mass is 514 g/mol. The van der Waals surface area contributed by atoms with Crippen molar-refractivity contribution in [3.05, 3.63) is 77.6 Å². The maximum Gasteiger partial charge on any atom is 0.240 e. The zero-order valence-corrected chi connectivity index (χ0v) is 21.0. The van der Waals surface area contributed by atoms with E-state index in [-0.39, 0.29) is 23.8 Å². The first-order valence-electron chi connectivity index (χ1n) is 12.6. The molecule has 3 aromatic heterocycles. The minimum absolute atomic E-state index is 0.0504. The largest absolute Gasteiger partial charge is 0.355 e. The number of halogens is 1. The van der Waals surface area contributed by atoms with Crippen LogP contribution in [0.25, 0.3) is 22.2 Å². The molecule has 1 aliphatic heterocycles. The van der Waals surface area contributed by atoms with E-state index in [1.807, 2.05) is 54.6 Å². The molecule has 1 saturated heterocycles. The highest BCUT2D eigenvalue weighted by atomic mass is 35.5. The summed E-state index contributed by atoms with van der Waals surface area (Å²) in [5.41, 5.74) is 4.12. The van der Waals surface area contributed by atoms with Crippen LogP contribution in [0.1, 0.15) is 36.7 Å². The summed E-state index contributed by atoms with van der Waals surface area (Å²) in [5.74, 6) is 1.28. The molecule has 2 aromatic carbocycles. The molecule has 0 radical (unpaired) electrons. The van der Waals surface area contributed by atoms with Gasteiger partial charge in [-0.25, -0.2) is 9.97 Å². The lowest BCUT2D eigenvalue weighted by molar-refractivity contribution is -0.122. The van der Waals surface area contributed by atoms with Crippen LogP contribution < -0.4 is 10.2 Å². The molecule has 2 N–H and O–H groups in total. The lowest BCUT2D eigenvalue weighted by Gasteiger charge is -2.27. The average Bonchev–Trinajstić information content (AvgIpc) is 3.53. The van der Waals surface area contributed by atoms with Crippen molar-refractivity contribution in [2.45, 2.75) is 38.3 Å². The van der Waals surface area contributed by atoms with Gasteiger partial charge in [0, 0.05) is 13.1 Å². The summed E-state index contributed by atoms with van der Waals surface area (Å²) in [6, 6.07) is 17.6. The molecule has 1 amide bonds. The Morgan fingerprint density at radius 3 is 2.59 bits per heavy atom. The van der Waals surface area contributed by atoms with Crippen LogP contribution in [-0.4, -0.2) is 48.5 Å². The van der Waals surface area contributed by atoms with Gasteiger partial charge in [-0.2, -0.15) is 9.97 Å². The number of benzene rings is 2. The predicted octanol–water partition coefficient (Wildman–Crippen LogP) is 4.45. The smallest absolute Gasteiger partial charge is 0.240 e. The molecule has 0 bridgehead atoms. The lowest BCUT2D eigenvalue weighted by Crippen LogP contribution is -2.33. The molecule has 37 heavy (non-hydrogen) atoms. The van der Waals surface area contributed by atoms with Gasteiger partial charge in [0.15, 0.2) is 17.0 Å². The third-order valence-electron chi connectivity index (χ3n) is 6.74. The third kappa shape index (κ3) is 4.99. The number of nitrogens with one attached hydrogen (secondary N) is 2. The molecule has 1 fully saturated rings. The second-order valence-electron chi connectivity index (χ2n) is 9.36. The van der Waals surface area contributed by atoms with E-state index in [0.717, 1.165) is 48.3 Å². The van der Waals surface area contributed by atoms with Gasteiger partial charge in [-0.05, 0) is 55.0 Å². The normalized spacial score (nSPS) is 14.8. The second kappa shape index (κ2) is 10.2. The van der Waals surface area contributed by atoms with Crippen molar-refractivity contribution in [2.75, 3.05) is 18.0 Å². The van der Waals surface area contributed by atoms with Crippen molar-refractivity contribution < 1.29 is 4.79 Å². The molecule has 5 aromatic rings. The average molecular weight is 515 g/mol. The Labute approximate surface area is 218 Å². The van der Waals surface area contributed by atoms with Crippen LogP contribution in [0.4, 0.5) is 5.82 Å². The fraction of sp³-hybridized carbons (Fsp3) is 0.296. The standard InChI is InChI=1S/C27H27ClN8O/c28-27-33-25(35-13-7-2-8-14-35)23-26(34-27)36(17-29-23)16-22(37)30-21(15-18-9-3-1-4-10-18)24-31-19-11-5-6-12-20(19)32-24/h1,3-6,9-12,17,21H,2,7-8,13-16H2,(H,30,37)(H,31,32). The number of anilines is 1. The van der Waals surface area contributed by atoms with Crippen molar-refractivity contribution in [2.24, 2.45) is 0 Å². The number of H-pyrrole nitrogens is 1. The number of amides is 1. The third-order valence-corrected chi connectivity index (χ3v) is 6.91. The van der Waals surface area contributed by atoms with Crippen LogP contribution in [0.2, 0.25) is 5.28 Å². The molecule has 188 valence electrons. The number of piperidine rings is 1. The molecule has 9 nitrogen and oxygen atoms in total. The number of hydrogen-bond donors (Lipinski definition) is 2. The lowest BCUT2D eigenvalue weighted by atomic mass is 10.1. The first-order valence-corrected chi connectivity index (χ1v) is 12.9. The molecular formula is C27H27ClN8O. The molecule has 0 spiro atoms. The van der Waals surface area contributed by atoms with E-state index in [1.165, 1.54) is 6.42 Å². The van der Waals surface area contributed by atoms with Crippen molar-refractivity contribution >= 4 is 45.5 Å². The van der Waals surface area contributed by atoms with Crippen molar-refractivity contribution in [3.8, 4) is 0 Å². The summed E-state index contributed by atoms with van der Waals surface area (Å²) in [4.78, 5) is 37.1. The molecule has 0 saturated carbocycles. The Balaban J connectivity index is 1.26. The molecule has 1 aliphatic rings. The van der Waals surface area contributed by atoms with Gasteiger partial charge in [-0.15, -0.1) is 0 Å². The summed E-state index contributed by atoms with van der Waals surface area (Å²) in [5, 5.41) is 3.32. The van der Waals surface area contributed by atoms with Gasteiger partial charge in [0.05, 0.1) is 23.4 Å². The molecule has 6 rings (SSSR count). The number of para-hydroxylation sites is 2. The molecule has 1 atom stereocenters. The Hall–Kier alpha value is -3.98. The Morgan fingerprint density at radius 1 is 1.00 bits per heavy atom. The highest BCUT2D eigenvalue weighted by molar-refractivity contribution is 6.28. The molecular weight excluding hydrogens is 488 g/mol. The second-order valence-corrected chi connectivity index (χ2v) is 9.70. The van der Waals surface area contributed by atoms with Crippen molar-refractivity contribution in [1.29, 1.82) is 0 Å². The highest BCUT2D eigenvalue weighted by Gasteiger charge is 2.23. The number of fused-ring (bicyclic) bond motifs is 2. The van der Waals surface area contributed by atoms with Gasteiger partial charge in [-0.3, -0.25) is 4.79 Å². The number of hydrogen-bond acceptors (Lipinski definition) is 6. The molecule has 4 heterocycles. The summed E-state index contributed by atoms with van der Waals surface area (Å²) >= 11 is 6.30. The molecule has 0 aliphatic carbocycles. The van der Waals surface area contributed by atoms with E-state index in [9.17, 15) is 4.79 Å². The highest BCUT2D eigenvalue weighted by Crippen LogP contribution is 2.27. The van der Waals surface area contributed by atoms with Gasteiger partial charge in [0.1, 0.15) is 12.4 Å². The Kier molecular flexibility index (Phi) is 6.44. The van der Waals surface area contributed by atoms with E-state index in [2.05, 4.69) is 30.2 Å². The van der Waals surface area contributed by atoms with Gasteiger partial charge >= 0.3 is 0 Å². The zero-order valence-electron chi connectivity index (χ0n) is 20.3. The van der Waals surface area contributed by atoms with Crippen LogP contribution in [0.15, 0.2) is 60.9 Å². The quantitative estimate of drug-likeness (QED) is 0.311. The zero-order chi connectivity index (χ0) is 25.2. The number of carbonyl (C=O) groups is 1. The molecule has 10 heteroatoms. The fourth-order valence-corrected chi connectivity index (χ4v) is 5.10. The van der Waals surface area contributed by atoms with E-state index in [4.69, 9.17) is 16.6 Å². The number of aromatic amines is 1. The van der Waals surface area contributed by atoms with Crippen molar-refractivity contribution in [3.63, 3.8) is 0 Å². The number of aromatic nitrogens is 6. The topological polar surface area (TPSA) is 105 Å². The van der Waals surface area contributed by atoms with Gasteiger partial charge < -0.3 is 19.8 Å². The van der Waals surface area contributed by atoms with Gasteiger partial charge in [-0.1, -0.05) is 42.5 Å².